The van der Waals surface area contributed by atoms with Gasteiger partial charge in [-0.25, -0.2) is 0 Å². The number of hydrogen-bond acceptors (Lipinski definition) is 4. The van der Waals surface area contributed by atoms with E-state index in [1.807, 2.05) is 32.4 Å². The van der Waals surface area contributed by atoms with Crippen molar-refractivity contribution in [2.24, 2.45) is 0 Å². The van der Waals surface area contributed by atoms with Crippen molar-refractivity contribution in [1.82, 2.24) is 14.7 Å². The molecule has 0 saturated carbocycles. The molecule has 1 fully saturated rings. The van der Waals surface area contributed by atoms with Crippen LogP contribution in [-0.2, 0) is 11.3 Å². The standard InChI is InChI=1S/C14H23N3OS/c1-12(14(18)15(2)3)17-8-6-16(7-9-17)11-13-5-4-10-19-13/h4-5,10,12H,6-9,11H2,1-3H3. The van der Waals surface area contributed by atoms with Gasteiger partial charge in [-0.3, -0.25) is 14.6 Å². The Bertz CT molecular complexity index is 397. The first kappa shape index (κ1) is 14.5. The molecular weight excluding hydrogens is 258 g/mol. The molecule has 0 spiro atoms. The van der Waals surface area contributed by atoms with Crippen molar-refractivity contribution < 1.29 is 4.79 Å². The zero-order valence-electron chi connectivity index (χ0n) is 12.0. The van der Waals surface area contributed by atoms with Gasteiger partial charge >= 0.3 is 0 Å². The highest BCUT2D eigenvalue weighted by atomic mass is 32.1. The number of carbonyl (C=O) groups is 1. The third-order valence-electron chi connectivity index (χ3n) is 3.71. The van der Waals surface area contributed by atoms with E-state index in [0.29, 0.717) is 0 Å². The van der Waals surface area contributed by atoms with Crippen LogP contribution in [0, 0.1) is 0 Å². The van der Waals surface area contributed by atoms with Gasteiger partial charge in [0.25, 0.3) is 0 Å². The maximum absolute atomic E-state index is 12.0. The smallest absolute Gasteiger partial charge is 0.239 e. The summed E-state index contributed by atoms with van der Waals surface area (Å²) in [5.41, 5.74) is 0. The zero-order valence-corrected chi connectivity index (χ0v) is 12.8. The van der Waals surface area contributed by atoms with Crippen molar-refractivity contribution in [3.05, 3.63) is 22.4 Å². The molecular formula is C14H23N3OS. The van der Waals surface area contributed by atoms with Gasteiger partial charge in [0, 0.05) is 51.7 Å². The lowest BCUT2D eigenvalue weighted by Gasteiger charge is -2.37. The van der Waals surface area contributed by atoms with Crippen LogP contribution < -0.4 is 0 Å². The van der Waals surface area contributed by atoms with Crippen LogP contribution in [0.4, 0.5) is 0 Å². The summed E-state index contributed by atoms with van der Waals surface area (Å²) in [6.07, 6.45) is 0. The number of rotatable bonds is 4. The molecule has 106 valence electrons. The second-order valence-electron chi connectivity index (χ2n) is 5.30. The highest BCUT2D eigenvalue weighted by Crippen LogP contribution is 2.14. The molecule has 1 unspecified atom stereocenters. The van der Waals surface area contributed by atoms with Gasteiger partial charge in [0.2, 0.25) is 5.91 Å². The monoisotopic (exact) mass is 281 g/mol. The van der Waals surface area contributed by atoms with Crippen LogP contribution in [0.2, 0.25) is 0 Å². The molecule has 1 aliphatic rings. The van der Waals surface area contributed by atoms with Crippen molar-refractivity contribution in [3.8, 4) is 0 Å². The molecule has 2 rings (SSSR count). The first-order chi connectivity index (χ1) is 9.08. The number of hydrogen-bond donors (Lipinski definition) is 0. The lowest BCUT2D eigenvalue weighted by Crippen LogP contribution is -2.53. The van der Waals surface area contributed by atoms with Crippen LogP contribution in [0.3, 0.4) is 0 Å². The van der Waals surface area contributed by atoms with Crippen molar-refractivity contribution in [2.75, 3.05) is 40.3 Å². The second-order valence-corrected chi connectivity index (χ2v) is 6.33. The quantitative estimate of drug-likeness (QED) is 0.833. The molecule has 4 nitrogen and oxygen atoms in total. The minimum Gasteiger partial charge on any atom is -0.347 e. The summed E-state index contributed by atoms with van der Waals surface area (Å²) in [5, 5.41) is 2.13. The van der Waals surface area contributed by atoms with Gasteiger partial charge in [-0.2, -0.15) is 0 Å². The van der Waals surface area contributed by atoms with Gasteiger partial charge in [0.15, 0.2) is 0 Å². The zero-order chi connectivity index (χ0) is 13.8. The fraction of sp³-hybridized carbons (Fsp3) is 0.643. The van der Waals surface area contributed by atoms with E-state index in [4.69, 9.17) is 0 Å². The van der Waals surface area contributed by atoms with Crippen LogP contribution in [-0.4, -0.2) is 66.9 Å². The van der Waals surface area contributed by atoms with E-state index in [2.05, 4.69) is 27.3 Å². The summed E-state index contributed by atoms with van der Waals surface area (Å²) in [6, 6.07) is 4.29. The topological polar surface area (TPSA) is 26.8 Å². The van der Waals surface area contributed by atoms with Crippen LogP contribution in [0.25, 0.3) is 0 Å². The molecule has 0 bridgehead atoms. The molecule has 1 saturated heterocycles. The van der Waals surface area contributed by atoms with Gasteiger partial charge in [0.05, 0.1) is 6.04 Å². The van der Waals surface area contributed by atoms with Crippen molar-refractivity contribution in [1.29, 1.82) is 0 Å². The second kappa shape index (κ2) is 6.50. The van der Waals surface area contributed by atoms with Gasteiger partial charge in [-0.15, -0.1) is 11.3 Å². The molecule has 0 aliphatic carbocycles. The molecule has 1 amide bonds. The Morgan fingerprint density at radius 3 is 2.58 bits per heavy atom. The lowest BCUT2D eigenvalue weighted by molar-refractivity contribution is -0.134. The Morgan fingerprint density at radius 1 is 1.37 bits per heavy atom. The predicted octanol–water partition coefficient (Wildman–Crippen LogP) is 1.34. The van der Waals surface area contributed by atoms with E-state index in [1.54, 1.807) is 4.90 Å². The maximum Gasteiger partial charge on any atom is 0.239 e. The molecule has 19 heavy (non-hydrogen) atoms. The summed E-state index contributed by atoms with van der Waals surface area (Å²) in [5.74, 6) is 0.201. The fourth-order valence-corrected chi connectivity index (χ4v) is 3.21. The third kappa shape index (κ3) is 3.78. The first-order valence-electron chi connectivity index (χ1n) is 6.78. The largest absolute Gasteiger partial charge is 0.347 e. The van der Waals surface area contributed by atoms with E-state index >= 15 is 0 Å². The third-order valence-corrected chi connectivity index (χ3v) is 4.57. The molecule has 1 aliphatic heterocycles. The Labute approximate surface area is 119 Å². The van der Waals surface area contributed by atoms with Gasteiger partial charge in [0.1, 0.15) is 0 Å². The summed E-state index contributed by atoms with van der Waals surface area (Å²) in [6.45, 7) is 7.10. The molecule has 0 radical (unpaired) electrons. The van der Waals surface area contributed by atoms with Crippen LogP contribution in [0.1, 0.15) is 11.8 Å². The molecule has 0 aromatic carbocycles. The summed E-state index contributed by atoms with van der Waals surface area (Å²) in [4.78, 5) is 19.8. The number of nitrogens with zero attached hydrogens (tertiary/aromatic N) is 3. The molecule has 2 heterocycles. The number of carbonyl (C=O) groups excluding carboxylic acids is 1. The average Bonchev–Trinajstić information content (AvgIpc) is 2.90. The highest BCUT2D eigenvalue weighted by Gasteiger charge is 2.26. The average molecular weight is 281 g/mol. The molecule has 5 heteroatoms. The number of likely N-dealkylation sites (N-methyl/N-ethyl adjacent to an activating group) is 1. The Hall–Kier alpha value is -0.910. The van der Waals surface area contributed by atoms with E-state index in [1.165, 1.54) is 4.88 Å². The lowest BCUT2D eigenvalue weighted by atomic mass is 10.2. The molecule has 1 aromatic heterocycles. The Kier molecular flexibility index (Phi) is 4.96. The first-order valence-corrected chi connectivity index (χ1v) is 7.66. The van der Waals surface area contributed by atoms with Crippen LogP contribution in [0.5, 0.6) is 0 Å². The van der Waals surface area contributed by atoms with Gasteiger partial charge in [-0.05, 0) is 18.4 Å². The Balaban J connectivity index is 1.80. The van der Waals surface area contributed by atoms with E-state index in [9.17, 15) is 4.79 Å². The molecule has 0 N–H and O–H groups in total. The normalized spacial score (nSPS) is 19.3. The minimum atomic E-state index is -0.00103. The van der Waals surface area contributed by atoms with Crippen molar-refractivity contribution in [3.63, 3.8) is 0 Å². The number of thiophene rings is 1. The van der Waals surface area contributed by atoms with Gasteiger partial charge in [-0.1, -0.05) is 6.07 Å². The Morgan fingerprint density at radius 2 is 2.05 bits per heavy atom. The fourth-order valence-electron chi connectivity index (χ4n) is 2.46. The minimum absolute atomic E-state index is 0.00103. The summed E-state index contributed by atoms with van der Waals surface area (Å²) in [7, 11) is 3.65. The molecule has 1 aromatic rings. The van der Waals surface area contributed by atoms with E-state index in [0.717, 1.165) is 32.7 Å². The summed E-state index contributed by atoms with van der Waals surface area (Å²) < 4.78 is 0. The van der Waals surface area contributed by atoms with Gasteiger partial charge < -0.3 is 4.90 Å². The highest BCUT2D eigenvalue weighted by molar-refractivity contribution is 7.09. The van der Waals surface area contributed by atoms with Crippen molar-refractivity contribution >= 4 is 17.2 Å². The SMILES string of the molecule is CC(C(=O)N(C)C)N1CCN(Cc2cccs2)CC1. The number of amides is 1. The van der Waals surface area contributed by atoms with Crippen LogP contribution >= 0.6 is 11.3 Å². The van der Waals surface area contributed by atoms with Crippen LogP contribution in [0.15, 0.2) is 17.5 Å². The maximum atomic E-state index is 12.0. The van der Waals surface area contributed by atoms with E-state index < -0.39 is 0 Å². The van der Waals surface area contributed by atoms with Crippen molar-refractivity contribution in [2.45, 2.75) is 19.5 Å². The summed E-state index contributed by atoms with van der Waals surface area (Å²) >= 11 is 1.82. The van der Waals surface area contributed by atoms with E-state index in [-0.39, 0.29) is 11.9 Å². The number of piperazine rings is 1. The predicted molar refractivity (Wildman–Crippen MR) is 79.3 cm³/mol. The molecule has 1 atom stereocenters.